The molecule has 0 saturated heterocycles. The van der Waals surface area contributed by atoms with E-state index in [4.69, 9.17) is 13.0 Å². The number of carbonyl (C=O) groups excluding carboxylic acids is 1. The summed E-state index contributed by atoms with van der Waals surface area (Å²) in [7, 11) is -2.50. The Hall–Kier alpha value is 0.0700. The Kier molecular flexibility index (Phi) is 3.71. The zero-order valence-electron chi connectivity index (χ0n) is 22.5. The van der Waals surface area contributed by atoms with Crippen molar-refractivity contribution in [2.75, 3.05) is 18.9 Å². The van der Waals surface area contributed by atoms with Gasteiger partial charge in [-0.15, -0.1) is 0 Å². The Morgan fingerprint density at radius 2 is 1.96 bits per heavy atom. The lowest BCUT2D eigenvalue weighted by molar-refractivity contribution is -0.163. The molecule has 4 aliphatic carbocycles. The second kappa shape index (κ2) is 7.09. The van der Waals surface area contributed by atoms with Crippen LogP contribution in [0, 0.1) is 40.4 Å². The van der Waals surface area contributed by atoms with E-state index in [1.165, 1.54) is 0 Å². The molecule has 0 aromatic carbocycles. The van der Waals surface area contributed by atoms with Crippen molar-refractivity contribution in [3.8, 4) is 0 Å². The van der Waals surface area contributed by atoms with Gasteiger partial charge in [0.2, 0.25) is 0 Å². The van der Waals surface area contributed by atoms with Crippen molar-refractivity contribution in [2.24, 2.45) is 40.4 Å². The number of carbonyl (C=O) groups is 1. The van der Waals surface area contributed by atoms with Crippen molar-refractivity contribution in [3.63, 3.8) is 0 Å². The molecule has 4 aliphatic rings. The number of methoxy groups -OCH3 is 1. The molecule has 1 N–H and O–H groups in total. The first kappa shape index (κ1) is 14.1. The molecule has 4 fully saturated rings. The quantitative estimate of drug-likeness (QED) is 0.618. The second-order valence-corrected chi connectivity index (χ2v) is 10.7. The minimum atomic E-state index is -2.50. The molecule has 4 rings (SSSR count). The van der Waals surface area contributed by atoms with E-state index in [9.17, 15) is 9.90 Å². The third kappa shape index (κ3) is 3.08. The average Bonchev–Trinajstić information content (AvgIpc) is 2.97. The number of rotatable bonds is 4. The number of aliphatic hydroxyl groups is 1. The maximum Gasteiger partial charge on any atom is 0.147 e. The average molecular weight is 447 g/mol. The van der Waals surface area contributed by atoms with Crippen LogP contribution in [0.4, 0.5) is 0 Å². The van der Waals surface area contributed by atoms with Crippen molar-refractivity contribution in [3.05, 3.63) is 0 Å². The summed E-state index contributed by atoms with van der Waals surface area (Å²) >= 11 is 2.88. The summed E-state index contributed by atoms with van der Waals surface area (Å²) < 4.78 is 51.9. The zero-order chi connectivity index (χ0) is 24.7. The third-order valence-corrected chi connectivity index (χ3v) is 9.67. The fourth-order valence-electron chi connectivity index (χ4n) is 7.83. The van der Waals surface area contributed by atoms with E-state index >= 15 is 0 Å². The van der Waals surface area contributed by atoms with Crippen LogP contribution in [0.2, 0.25) is 0 Å². The van der Waals surface area contributed by atoms with E-state index in [-0.39, 0.29) is 17.9 Å². The Bertz CT molecular complexity index is 802. The number of alkyl halides is 1. The smallest absolute Gasteiger partial charge is 0.147 e. The van der Waals surface area contributed by atoms with Gasteiger partial charge in [0, 0.05) is 17.0 Å². The maximum atomic E-state index is 13.0. The number of ketones is 1. The largest absolute Gasteiger partial charge is 0.387 e. The summed E-state index contributed by atoms with van der Waals surface area (Å²) in [6.07, 6.45) is 6.66. The minimum absolute atomic E-state index is 0.0395. The molecule has 154 valence electrons. The first-order valence-electron chi connectivity index (χ1n) is 13.6. The molecule has 0 bridgehead atoms. The van der Waals surface area contributed by atoms with Crippen molar-refractivity contribution in [1.82, 2.24) is 0 Å². The fraction of sp³-hybridized carbons (Fsp3) is 0.957. The van der Waals surface area contributed by atoms with Gasteiger partial charge < -0.3 is 9.84 Å². The Balaban J connectivity index is 1.53. The van der Waals surface area contributed by atoms with E-state index in [0.29, 0.717) is 37.0 Å². The summed E-state index contributed by atoms with van der Waals surface area (Å²) in [6.45, 7) is 4.21. The number of Topliss-reactive ketones (excluding diaryl/α,β-unsaturated/α-hetero) is 1. The molecule has 0 heterocycles. The summed E-state index contributed by atoms with van der Waals surface area (Å²) in [4.78, 5) is 13.0. The lowest BCUT2D eigenvalue weighted by Gasteiger charge is -2.62. The highest BCUT2D eigenvalue weighted by molar-refractivity contribution is 9.09. The highest BCUT2D eigenvalue weighted by Crippen LogP contribution is 2.68. The fourth-order valence-corrected chi connectivity index (χ4v) is 8.07. The lowest BCUT2D eigenvalue weighted by atomic mass is 9.44. The first-order chi connectivity index (χ1) is 15.0. The second-order valence-electron chi connectivity index (χ2n) is 10.3. The predicted molar refractivity (Wildman–Crippen MR) is 111 cm³/mol. The molecule has 4 saturated carbocycles. The van der Waals surface area contributed by atoms with Crippen LogP contribution >= 0.6 is 15.9 Å². The number of halogens is 1. The van der Waals surface area contributed by atoms with Gasteiger partial charge >= 0.3 is 0 Å². The molecule has 0 unspecified atom stereocenters. The maximum absolute atomic E-state index is 13.0. The van der Waals surface area contributed by atoms with Gasteiger partial charge in [0.05, 0.1) is 21.6 Å². The van der Waals surface area contributed by atoms with E-state index in [2.05, 4.69) is 22.9 Å². The predicted octanol–water partition coefficient (Wildman–Crippen LogP) is 4.99. The molecule has 0 spiro atoms. The molecule has 3 nitrogen and oxygen atoms in total. The molecule has 8 atom stereocenters. The number of hydrogen-bond acceptors (Lipinski definition) is 3. The zero-order valence-corrected chi connectivity index (χ0v) is 18.1. The topological polar surface area (TPSA) is 46.5 Å². The number of fused-ring (bicyclic) bond motifs is 5. The van der Waals surface area contributed by atoms with Gasteiger partial charge in [-0.3, -0.25) is 4.79 Å². The van der Waals surface area contributed by atoms with Crippen LogP contribution in [0.15, 0.2) is 0 Å². The van der Waals surface area contributed by atoms with Gasteiger partial charge in [0.25, 0.3) is 0 Å². The van der Waals surface area contributed by atoms with Crippen molar-refractivity contribution < 1.29 is 22.9 Å². The highest BCUT2D eigenvalue weighted by Gasteiger charge is 2.61. The van der Waals surface area contributed by atoms with E-state index in [0.717, 1.165) is 38.5 Å². The molecule has 4 heteroatoms. The molecule has 0 aromatic heterocycles. The summed E-state index contributed by atoms with van der Waals surface area (Å²) in [6, 6.07) is 0. The molecule has 0 radical (unpaired) electrons. The molecule has 0 aliphatic heterocycles. The van der Waals surface area contributed by atoms with Crippen LogP contribution in [-0.2, 0) is 9.53 Å². The van der Waals surface area contributed by atoms with Gasteiger partial charge in [0.15, 0.2) is 0 Å². The van der Waals surface area contributed by atoms with Crippen LogP contribution in [0.3, 0.4) is 0 Å². The van der Waals surface area contributed by atoms with Gasteiger partial charge in [-0.1, -0.05) is 29.8 Å². The summed E-state index contributed by atoms with van der Waals surface area (Å²) in [5.74, 6) is -0.688. The van der Waals surface area contributed by atoms with E-state index < -0.39 is 35.0 Å². The Morgan fingerprint density at radius 1 is 1.19 bits per heavy atom. The van der Waals surface area contributed by atoms with E-state index in [1.54, 1.807) is 0 Å². The van der Waals surface area contributed by atoms with Gasteiger partial charge in [0.1, 0.15) is 5.78 Å². The normalized spacial score (nSPS) is 59.0. The van der Waals surface area contributed by atoms with E-state index in [1.807, 2.05) is 6.92 Å². The Morgan fingerprint density at radius 3 is 2.70 bits per heavy atom. The SMILES string of the molecule is [2H]C([2H])([2H])OC[C@@]1(O)CC[C@@]2(C)[C@@H](CC[C@@H]3[C@@H]2CC[C@@]2(C)[C@H]3CC[C@]2([2H])C(=O)C([2H])([2H])Br)C1. The Labute approximate surface area is 181 Å². The standard InChI is InChI=1S/C23H37BrO3/c1-21-10-11-23(26,14-27-3)12-15(21)4-5-16-17-6-7-19(20(25)13-24)22(17,2)9-8-18(16)21/h15-19,26H,4-14H2,1-3H3/t15-,16-,17-,18-,19+,21-,22-,23+/m0/s1/i3D3,13D2,19D. The third-order valence-electron chi connectivity index (χ3n) is 9.31. The first-order valence-corrected chi connectivity index (χ1v) is 11.3. The van der Waals surface area contributed by atoms with Crippen LogP contribution in [-0.4, -0.2) is 35.4 Å². The number of ether oxygens (including phenoxy) is 1. The summed E-state index contributed by atoms with van der Waals surface area (Å²) in [5, 5.41) is 8.92. The molecule has 27 heavy (non-hydrogen) atoms. The van der Waals surface area contributed by atoms with Crippen LogP contribution in [0.25, 0.3) is 0 Å². The van der Waals surface area contributed by atoms with Crippen molar-refractivity contribution in [1.29, 1.82) is 0 Å². The van der Waals surface area contributed by atoms with Gasteiger partial charge in [-0.05, 0) is 92.3 Å². The minimum Gasteiger partial charge on any atom is -0.387 e. The van der Waals surface area contributed by atoms with Gasteiger partial charge in [-0.25, -0.2) is 0 Å². The molecular formula is C23H37BrO3. The van der Waals surface area contributed by atoms with Crippen molar-refractivity contribution >= 4 is 21.7 Å². The molecular weight excluding hydrogens is 404 g/mol. The summed E-state index contributed by atoms with van der Waals surface area (Å²) in [5.41, 5.74) is -1.59. The van der Waals surface area contributed by atoms with Crippen LogP contribution < -0.4 is 0 Å². The highest BCUT2D eigenvalue weighted by atomic mass is 79.9. The van der Waals surface area contributed by atoms with Gasteiger partial charge in [-0.2, -0.15) is 0 Å². The molecule has 0 aromatic rings. The lowest BCUT2D eigenvalue weighted by Crippen LogP contribution is -2.56. The molecule has 0 amide bonds. The number of hydrogen-bond donors (Lipinski definition) is 1. The van der Waals surface area contributed by atoms with Crippen LogP contribution in [0.1, 0.15) is 79.9 Å². The van der Waals surface area contributed by atoms with Crippen LogP contribution in [0.5, 0.6) is 0 Å². The monoisotopic (exact) mass is 446 g/mol. The van der Waals surface area contributed by atoms with Crippen molar-refractivity contribution in [2.45, 2.75) is 77.2 Å².